The first-order valence-electron chi connectivity index (χ1n) is 8.80. The second-order valence-electron chi connectivity index (χ2n) is 6.68. The zero-order valence-electron chi connectivity index (χ0n) is 15.6. The highest BCUT2D eigenvalue weighted by Crippen LogP contribution is 2.29. The van der Waals surface area contributed by atoms with E-state index in [1.54, 1.807) is 23.3 Å². The molecule has 0 saturated carbocycles. The SMILES string of the molecule is CC(C)c1ccccc1OCC(=O)N(C)[C@@H](C)c1nc2ccccc2s1. The van der Waals surface area contributed by atoms with Gasteiger partial charge < -0.3 is 9.64 Å². The molecule has 0 bridgehead atoms. The molecule has 26 heavy (non-hydrogen) atoms. The lowest BCUT2D eigenvalue weighted by molar-refractivity contribution is -0.134. The third kappa shape index (κ3) is 3.88. The van der Waals surface area contributed by atoms with Crippen LogP contribution in [-0.4, -0.2) is 29.4 Å². The molecule has 4 nitrogen and oxygen atoms in total. The van der Waals surface area contributed by atoms with E-state index >= 15 is 0 Å². The van der Waals surface area contributed by atoms with Crippen molar-refractivity contribution < 1.29 is 9.53 Å². The highest BCUT2D eigenvalue weighted by Gasteiger charge is 2.21. The third-order valence-electron chi connectivity index (χ3n) is 4.53. The molecule has 0 fully saturated rings. The predicted molar refractivity (Wildman–Crippen MR) is 107 cm³/mol. The van der Waals surface area contributed by atoms with Crippen LogP contribution in [0, 0.1) is 0 Å². The highest BCUT2D eigenvalue weighted by molar-refractivity contribution is 7.18. The molecule has 0 saturated heterocycles. The largest absolute Gasteiger partial charge is 0.483 e. The fraction of sp³-hybridized carbons (Fsp3) is 0.333. The van der Waals surface area contributed by atoms with Gasteiger partial charge in [0.15, 0.2) is 6.61 Å². The third-order valence-corrected chi connectivity index (χ3v) is 5.74. The van der Waals surface area contributed by atoms with E-state index in [0.29, 0.717) is 5.92 Å². The van der Waals surface area contributed by atoms with Crippen molar-refractivity contribution in [1.82, 2.24) is 9.88 Å². The Morgan fingerprint density at radius 3 is 2.54 bits per heavy atom. The normalized spacial score (nSPS) is 12.3. The Morgan fingerprint density at radius 2 is 1.81 bits per heavy atom. The Kier molecular flexibility index (Phi) is 5.57. The van der Waals surface area contributed by atoms with Crippen LogP contribution in [-0.2, 0) is 4.79 Å². The minimum absolute atomic E-state index is 0.0233. The van der Waals surface area contributed by atoms with E-state index in [2.05, 4.69) is 24.9 Å². The molecule has 1 heterocycles. The molecule has 3 rings (SSSR count). The number of hydrogen-bond donors (Lipinski definition) is 0. The van der Waals surface area contributed by atoms with E-state index in [0.717, 1.165) is 26.5 Å². The number of carbonyl (C=O) groups excluding carboxylic acids is 1. The van der Waals surface area contributed by atoms with Crippen molar-refractivity contribution in [2.45, 2.75) is 32.7 Å². The van der Waals surface area contributed by atoms with E-state index in [1.165, 1.54) is 0 Å². The Bertz CT molecular complexity index is 871. The van der Waals surface area contributed by atoms with Gasteiger partial charge in [-0.1, -0.05) is 44.2 Å². The zero-order chi connectivity index (χ0) is 18.7. The summed E-state index contributed by atoms with van der Waals surface area (Å²) in [5.41, 5.74) is 2.09. The van der Waals surface area contributed by atoms with Crippen LogP contribution < -0.4 is 4.74 Å². The number of amides is 1. The van der Waals surface area contributed by atoms with E-state index < -0.39 is 0 Å². The zero-order valence-corrected chi connectivity index (χ0v) is 16.4. The monoisotopic (exact) mass is 368 g/mol. The fourth-order valence-corrected chi connectivity index (χ4v) is 3.84. The van der Waals surface area contributed by atoms with Crippen LogP contribution >= 0.6 is 11.3 Å². The molecule has 136 valence electrons. The fourth-order valence-electron chi connectivity index (χ4n) is 2.78. The van der Waals surface area contributed by atoms with Crippen LogP contribution in [0.5, 0.6) is 5.75 Å². The van der Waals surface area contributed by atoms with Crippen molar-refractivity contribution in [1.29, 1.82) is 0 Å². The number of carbonyl (C=O) groups is 1. The topological polar surface area (TPSA) is 42.4 Å². The number of likely N-dealkylation sites (N-methyl/N-ethyl adjacent to an activating group) is 1. The summed E-state index contributed by atoms with van der Waals surface area (Å²) >= 11 is 1.63. The average Bonchev–Trinajstić information content (AvgIpc) is 3.09. The first-order valence-corrected chi connectivity index (χ1v) is 9.62. The number of fused-ring (bicyclic) bond motifs is 1. The number of aromatic nitrogens is 1. The summed E-state index contributed by atoms with van der Waals surface area (Å²) in [5, 5.41) is 0.935. The maximum absolute atomic E-state index is 12.6. The van der Waals surface area contributed by atoms with Gasteiger partial charge in [0.25, 0.3) is 5.91 Å². The van der Waals surface area contributed by atoms with Crippen LogP contribution in [0.3, 0.4) is 0 Å². The summed E-state index contributed by atoms with van der Waals surface area (Å²) in [5.74, 6) is 1.06. The summed E-state index contributed by atoms with van der Waals surface area (Å²) in [6.07, 6.45) is 0. The van der Waals surface area contributed by atoms with Gasteiger partial charge in [0.2, 0.25) is 0 Å². The number of benzene rings is 2. The summed E-state index contributed by atoms with van der Waals surface area (Å²) in [4.78, 5) is 19.0. The minimum atomic E-state index is -0.0937. The number of ether oxygens (including phenoxy) is 1. The second kappa shape index (κ2) is 7.87. The maximum Gasteiger partial charge on any atom is 0.260 e. The predicted octanol–water partition coefficient (Wildman–Crippen LogP) is 5.02. The van der Waals surface area contributed by atoms with Crippen molar-refractivity contribution in [3.8, 4) is 5.75 Å². The number of rotatable bonds is 6. The Morgan fingerprint density at radius 1 is 1.12 bits per heavy atom. The van der Waals surface area contributed by atoms with E-state index in [1.807, 2.05) is 49.4 Å². The van der Waals surface area contributed by atoms with Crippen LogP contribution in [0.25, 0.3) is 10.2 Å². The van der Waals surface area contributed by atoms with Crippen LogP contribution in [0.2, 0.25) is 0 Å². The molecule has 0 aliphatic carbocycles. The summed E-state index contributed by atoms with van der Waals surface area (Å²) < 4.78 is 6.95. The summed E-state index contributed by atoms with van der Waals surface area (Å²) in [6, 6.07) is 15.8. The molecule has 0 unspecified atom stereocenters. The Balaban J connectivity index is 1.67. The molecule has 0 aliphatic heterocycles. The highest BCUT2D eigenvalue weighted by atomic mass is 32.1. The van der Waals surface area contributed by atoms with Crippen LogP contribution in [0.1, 0.15) is 43.3 Å². The molecule has 1 amide bonds. The molecule has 0 radical (unpaired) electrons. The molecule has 5 heteroatoms. The molecule has 0 aliphatic rings. The molecular weight excluding hydrogens is 344 g/mol. The van der Waals surface area contributed by atoms with Crippen molar-refractivity contribution >= 4 is 27.5 Å². The summed E-state index contributed by atoms with van der Waals surface area (Å²) in [6.45, 7) is 6.25. The lowest BCUT2D eigenvalue weighted by Gasteiger charge is -2.23. The van der Waals surface area contributed by atoms with Crippen molar-refractivity contribution in [2.24, 2.45) is 0 Å². The van der Waals surface area contributed by atoms with Gasteiger partial charge in [0.05, 0.1) is 16.3 Å². The quantitative estimate of drug-likeness (QED) is 0.614. The van der Waals surface area contributed by atoms with Gasteiger partial charge in [-0.2, -0.15) is 0 Å². The van der Waals surface area contributed by atoms with Crippen molar-refractivity contribution in [3.63, 3.8) is 0 Å². The van der Waals surface area contributed by atoms with Gasteiger partial charge in [-0.05, 0) is 36.6 Å². The molecular formula is C21H24N2O2S. The molecule has 1 aromatic heterocycles. The first kappa shape index (κ1) is 18.4. The number of hydrogen-bond acceptors (Lipinski definition) is 4. The summed E-state index contributed by atoms with van der Waals surface area (Å²) in [7, 11) is 1.80. The molecule has 1 atom stereocenters. The molecule has 0 spiro atoms. The van der Waals surface area contributed by atoms with Gasteiger partial charge in [0, 0.05) is 7.05 Å². The van der Waals surface area contributed by atoms with E-state index in [9.17, 15) is 4.79 Å². The van der Waals surface area contributed by atoms with Crippen LogP contribution in [0.4, 0.5) is 0 Å². The Hall–Kier alpha value is -2.40. The standard InChI is InChI=1S/C21H24N2O2S/c1-14(2)16-9-5-7-11-18(16)25-13-20(24)23(4)15(3)21-22-17-10-6-8-12-19(17)26-21/h5-12,14-15H,13H2,1-4H3/t15-/m0/s1. The number of thiazole rings is 1. The van der Waals surface area contributed by atoms with Crippen molar-refractivity contribution in [2.75, 3.05) is 13.7 Å². The minimum Gasteiger partial charge on any atom is -0.483 e. The van der Waals surface area contributed by atoms with E-state index in [-0.39, 0.29) is 18.6 Å². The maximum atomic E-state index is 12.6. The lowest BCUT2D eigenvalue weighted by atomic mass is 10.0. The van der Waals surface area contributed by atoms with E-state index in [4.69, 9.17) is 4.74 Å². The number of para-hydroxylation sites is 2. The number of nitrogens with zero attached hydrogens (tertiary/aromatic N) is 2. The second-order valence-corrected chi connectivity index (χ2v) is 7.74. The van der Waals surface area contributed by atoms with Crippen LogP contribution in [0.15, 0.2) is 48.5 Å². The molecule has 0 N–H and O–H groups in total. The lowest BCUT2D eigenvalue weighted by Crippen LogP contribution is -2.33. The van der Waals surface area contributed by atoms with Gasteiger partial charge in [0.1, 0.15) is 10.8 Å². The van der Waals surface area contributed by atoms with Gasteiger partial charge >= 0.3 is 0 Å². The molecule has 3 aromatic rings. The smallest absolute Gasteiger partial charge is 0.260 e. The Labute approximate surface area is 158 Å². The van der Waals surface area contributed by atoms with Gasteiger partial charge in [-0.15, -0.1) is 11.3 Å². The van der Waals surface area contributed by atoms with Gasteiger partial charge in [-0.3, -0.25) is 4.79 Å². The average molecular weight is 369 g/mol. The first-order chi connectivity index (χ1) is 12.5. The molecule has 2 aromatic carbocycles. The van der Waals surface area contributed by atoms with Crippen molar-refractivity contribution in [3.05, 3.63) is 59.1 Å². The van der Waals surface area contributed by atoms with Gasteiger partial charge in [-0.25, -0.2) is 4.98 Å².